The van der Waals surface area contributed by atoms with Crippen LogP contribution in [0.15, 0.2) is 48.7 Å². The van der Waals surface area contributed by atoms with E-state index >= 15 is 0 Å². The maximum atomic E-state index is 13.6. The average Bonchev–Trinajstić information content (AvgIpc) is 2.95. The van der Waals surface area contributed by atoms with Crippen molar-refractivity contribution in [3.05, 3.63) is 59.8 Å². The summed E-state index contributed by atoms with van der Waals surface area (Å²) in [5.74, 6) is -2.63. The predicted molar refractivity (Wildman–Crippen MR) is 140 cm³/mol. The minimum absolute atomic E-state index is 0.0645. The molecule has 1 aromatic heterocycles. The fourth-order valence-electron chi connectivity index (χ4n) is 4.89. The molecule has 2 saturated heterocycles. The molecule has 2 amide bonds. The molecule has 4 rings (SSSR count). The lowest BCUT2D eigenvalue weighted by atomic mass is 9.94. The third kappa shape index (κ3) is 7.91. The van der Waals surface area contributed by atoms with E-state index < -0.39 is 30.1 Å². The van der Waals surface area contributed by atoms with Gasteiger partial charge in [0, 0.05) is 51.0 Å². The molecule has 0 bridgehead atoms. The first-order valence-corrected chi connectivity index (χ1v) is 13.1. The number of carbonyl (C=O) groups excluding carboxylic acids is 2. The minimum atomic E-state index is -4.70. The molecule has 3 N–H and O–H groups in total. The number of pyridine rings is 1. The van der Waals surface area contributed by atoms with Crippen LogP contribution < -0.4 is 21.1 Å². The molecule has 0 aliphatic carbocycles. The zero-order valence-electron chi connectivity index (χ0n) is 21.9. The summed E-state index contributed by atoms with van der Waals surface area (Å²) < 4.78 is 46.6. The molecular formula is C27H32F3N7O3. The molecule has 0 radical (unpaired) electrons. The summed E-state index contributed by atoms with van der Waals surface area (Å²) in [6.45, 7) is 2.36. The Balaban J connectivity index is 1.27. The summed E-state index contributed by atoms with van der Waals surface area (Å²) in [7, 11) is 0. The molecule has 3 heterocycles. The van der Waals surface area contributed by atoms with Crippen LogP contribution in [0.4, 0.5) is 19.0 Å². The van der Waals surface area contributed by atoms with E-state index in [2.05, 4.69) is 26.1 Å². The monoisotopic (exact) mass is 559 g/mol. The van der Waals surface area contributed by atoms with Crippen molar-refractivity contribution in [2.24, 2.45) is 5.92 Å². The SMILES string of the molecule is N#Cc1ccc(N2CCN(C(=O)CCOC[C@@H](Cc3ccccc3)NC3CNNC(=O)C3C(F)(F)F)CC2)nc1. The van der Waals surface area contributed by atoms with Crippen molar-refractivity contribution in [2.75, 3.05) is 50.8 Å². The normalized spacial score (nSPS) is 20.5. The van der Waals surface area contributed by atoms with Crippen LogP contribution in [0.1, 0.15) is 17.5 Å². The summed E-state index contributed by atoms with van der Waals surface area (Å²) >= 11 is 0. The maximum Gasteiger partial charge on any atom is 0.402 e. The number of hydrogen-bond acceptors (Lipinski definition) is 8. The molecule has 2 aliphatic heterocycles. The second-order valence-corrected chi connectivity index (χ2v) is 9.76. The van der Waals surface area contributed by atoms with Gasteiger partial charge in [-0.05, 0) is 24.1 Å². The number of nitrogens with one attached hydrogen (secondary N) is 3. The number of halogens is 3. The van der Waals surface area contributed by atoms with Crippen molar-refractivity contribution < 1.29 is 27.5 Å². The van der Waals surface area contributed by atoms with Gasteiger partial charge >= 0.3 is 6.18 Å². The second-order valence-electron chi connectivity index (χ2n) is 9.76. The van der Waals surface area contributed by atoms with E-state index in [0.29, 0.717) is 38.2 Å². The highest BCUT2D eigenvalue weighted by atomic mass is 19.4. The smallest absolute Gasteiger partial charge is 0.379 e. The van der Waals surface area contributed by atoms with Gasteiger partial charge in [0.1, 0.15) is 11.9 Å². The third-order valence-corrected chi connectivity index (χ3v) is 6.96. The topological polar surface area (TPSA) is 123 Å². The number of anilines is 1. The van der Waals surface area contributed by atoms with Gasteiger partial charge in [-0.3, -0.25) is 15.0 Å². The number of hydrazine groups is 1. The maximum absolute atomic E-state index is 13.6. The number of piperazine rings is 1. The molecular weight excluding hydrogens is 527 g/mol. The quantitative estimate of drug-likeness (QED) is 0.374. The third-order valence-electron chi connectivity index (χ3n) is 6.96. The van der Waals surface area contributed by atoms with Gasteiger partial charge in [-0.2, -0.15) is 18.4 Å². The highest BCUT2D eigenvalue weighted by Crippen LogP contribution is 2.30. The van der Waals surface area contributed by atoms with Crippen LogP contribution >= 0.6 is 0 Å². The zero-order chi connectivity index (χ0) is 28.5. The standard InChI is InChI=1S/C27H32F3N7O3/c28-27(29,30)25-22(17-33-35-26(25)39)34-21(14-19-4-2-1-3-5-19)18-40-13-8-24(38)37-11-9-36(10-12-37)23-7-6-20(15-31)16-32-23/h1-7,16,21-22,25,33-34H,8-14,17-18H2,(H,35,39)/t21-,22?,25?/m1/s1. The predicted octanol–water partition coefficient (Wildman–Crippen LogP) is 1.39. The highest BCUT2D eigenvalue weighted by Gasteiger charge is 2.51. The molecule has 0 spiro atoms. The number of benzene rings is 1. The number of nitrogens with zero attached hydrogens (tertiary/aromatic N) is 4. The van der Waals surface area contributed by atoms with E-state index in [-0.39, 0.29) is 32.1 Å². The van der Waals surface area contributed by atoms with Crippen LogP contribution in [0, 0.1) is 17.2 Å². The molecule has 40 heavy (non-hydrogen) atoms. The fraction of sp³-hybridized carbons (Fsp3) is 0.481. The summed E-state index contributed by atoms with van der Waals surface area (Å²) in [5, 5.41) is 11.9. The summed E-state index contributed by atoms with van der Waals surface area (Å²) in [5.41, 5.74) is 5.98. The first kappa shape index (κ1) is 29.3. The van der Waals surface area contributed by atoms with Gasteiger partial charge in [0.25, 0.3) is 0 Å². The van der Waals surface area contributed by atoms with Gasteiger partial charge in [0.05, 0.1) is 25.2 Å². The van der Waals surface area contributed by atoms with Crippen molar-refractivity contribution in [2.45, 2.75) is 31.1 Å². The Morgan fingerprint density at radius 2 is 1.93 bits per heavy atom. The van der Waals surface area contributed by atoms with Crippen LogP contribution in [0.2, 0.25) is 0 Å². The van der Waals surface area contributed by atoms with Crippen molar-refractivity contribution in [3.63, 3.8) is 0 Å². The highest BCUT2D eigenvalue weighted by molar-refractivity contribution is 5.80. The van der Waals surface area contributed by atoms with E-state index in [1.165, 1.54) is 6.20 Å². The van der Waals surface area contributed by atoms with Gasteiger partial charge in [0.2, 0.25) is 11.8 Å². The number of nitriles is 1. The van der Waals surface area contributed by atoms with Crippen LogP contribution in [0.5, 0.6) is 0 Å². The number of aromatic nitrogens is 1. The first-order chi connectivity index (χ1) is 19.2. The Kier molecular flexibility index (Phi) is 9.92. The van der Waals surface area contributed by atoms with Gasteiger partial charge < -0.3 is 19.9 Å². The summed E-state index contributed by atoms with van der Waals surface area (Å²) in [6.07, 6.45) is -2.64. The molecule has 10 nitrogen and oxygen atoms in total. The van der Waals surface area contributed by atoms with E-state index in [4.69, 9.17) is 10.00 Å². The Hall–Kier alpha value is -3.73. The van der Waals surface area contributed by atoms with Crippen molar-refractivity contribution in [1.29, 1.82) is 5.26 Å². The van der Waals surface area contributed by atoms with Crippen molar-refractivity contribution >= 4 is 17.6 Å². The number of hydrogen-bond donors (Lipinski definition) is 3. The largest absolute Gasteiger partial charge is 0.402 e. The Morgan fingerprint density at radius 3 is 2.58 bits per heavy atom. The zero-order valence-corrected chi connectivity index (χ0v) is 21.9. The molecule has 1 aromatic carbocycles. The number of amides is 2. The summed E-state index contributed by atoms with van der Waals surface area (Å²) in [4.78, 5) is 32.8. The van der Waals surface area contributed by atoms with E-state index in [1.54, 1.807) is 17.0 Å². The van der Waals surface area contributed by atoms with Gasteiger partial charge in [0.15, 0.2) is 5.92 Å². The Bertz CT molecular complexity index is 1170. The average molecular weight is 560 g/mol. The molecule has 13 heteroatoms. The Morgan fingerprint density at radius 1 is 1.18 bits per heavy atom. The molecule has 2 aromatic rings. The van der Waals surface area contributed by atoms with E-state index in [9.17, 15) is 22.8 Å². The molecule has 3 atom stereocenters. The molecule has 2 fully saturated rings. The molecule has 214 valence electrons. The van der Waals surface area contributed by atoms with Gasteiger partial charge in [-0.25, -0.2) is 10.4 Å². The number of rotatable bonds is 10. The van der Waals surface area contributed by atoms with E-state index in [0.717, 1.165) is 11.4 Å². The number of alkyl halides is 3. The lowest BCUT2D eigenvalue weighted by Gasteiger charge is -2.36. The molecule has 2 aliphatic rings. The van der Waals surface area contributed by atoms with Crippen LogP contribution in [-0.4, -0.2) is 85.9 Å². The first-order valence-electron chi connectivity index (χ1n) is 13.1. The van der Waals surface area contributed by atoms with Gasteiger partial charge in [-0.15, -0.1) is 0 Å². The van der Waals surface area contributed by atoms with E-state index in [1.807, 2.05) is 36.4 Å². The lowest BCUT2D eigenvalue weighted by Crippen LogP contribution is -2.65. The minimum Gasteiger partial charge on any atom is -0.379 e. The van der Waals surface area contributed by atoms with Crippen LogP contribution in [0.25, 0.3) is 0 Å². The Labute approximate surface area is 230 Å². The molecule has 0 saturated carbocycles. The lowest BCUT2D eigenvalue weighted by molar-refractivity contribution is -0.193. The van der Waals surface area contributed by atoms with Crippen molar-refractivity contribution in [1.82, 2.24) is 26.1 Å². The fourth-order valence-corrected chi connectivity index (χ4v) is 4.89. The van der Waals surface area contributed by atoms with Crippen LogP contribution in [0.3, 0.4) is 0 Å². The van der Waals surface area contributed by atoms with Gasteiger partial charge in [-0.1, -0.05) is 30.3 Å². The number of ether oxygens (including phenoxy) is 1. The molecule has 2 unspecified atom stereocenters. The van der Waals surface area contributed by atoms with Crippen LogP contribution in [-0.2, 0) is 20.7 Å². The number of carbonyl (C=O) groups is 2. The second kappa shape index (κ2) is 13.6. The van der Waals surface area contributed by atoms with Crippen molar-refractivity contribution in [3.8, 4) is 6.07 Å². The summed E-state index contributed by atoms with van der Waals surface area (Å²) in [6, 6.07) is 13.1.